The second kappa shape index (κ2) is 9.13. The lowest BCUT2D eigenvalue weighted by Gasteiger charge is -2.07. The van der Waals surface area contributed by atoms with Crippen molar-refractivity contribution < 1.29 is 13.9 Å². The van der Waals surface area contributed by atoms with Gasteiger partial charge in [-0.15, -0.1) is 28.1 Å². The van der Waals surface area contributed by atoms with Crippen LogP contribution in [0.5, 0.6) is 0 Å². The van der Waals surface area contributed by atoms with Gasteiger partial charge in [0.15, 0.2) is 11.0 Å². The first-order chi connectivity index (χ1) is 15.4. The summed E-state index contributed by atoms with van der Waals surface area (Å²) in [5.41, 5.74) is 7.84. The van der Waals surface area contributed by atoms with E-state index in [1.807, 2.05) is 24.5 Å². The number of furan rings is 1. The van der Waals surface area contributed by atoms with Crippen LogP contribution in [0.25, 0.3) is 21.6 Å². The molecular formula is C21H22N6O3S2. The molecule has 0 unspecified atom stereocenters. The number of ether oxygens (including phenoxy) is 1. The molecule has 0 saturated heterocycles. The van der Waals surface area contributed by atoms with Crippen LogP contribution in [0.3, 0.4) is 0 Å². The largest absolute Gasteiger partial charge is 0.469 e. The van der Waals surface area contributed by atoms with Gasteiger partial charge in [-0.2, -0.15) is 0 Å². The number of hydrogen-bond acceptors (Lipinski definition) is 10. The molecule has 4 rings (SSSR count). The van der Waals surface area contributed by atoms with Crippen molar-refractivity contribution in [1.29, 1.82) is 0 Å². The van der Waals surface area contributed by atoms with E-state index in [9.17, 15) is 4.79 Å². The second-order valence-corrected chi connectivity index (χ2v) is 8.81. The van der Waals surface area contributed by atoms with E-state index >= 15 is 0 Å². The third kappa shape index (κ3) is 4.00. The van der Waals surface area contributed by atoms with Crippen LogP contribution < -0.4 is 5.73 Å². The predicted octanol–water partition coefficient (Wildman–Crippen LogP) is 4.40. The van der Waals surface area contributed by atoms with Crippen LogP contribution in [0.15, 0.2) is 34.6 Å². The molecule has 0 saturated carbocycles. The molecule has 9 nitrogen and oxygen atoms in total. The Hall–Kier alpha value is -3.18. The van der Waals surface area contributed by atoms with Gasteiger partial charge in [0.2, 0.25) is 0 Å². The molecule has 4 aromatic rings. The van der Waals surface area contributed by atoms with Gasteiger partial charge in [0.1, 0.15) is 27.1 Å². The topological polar surface area (TPSA) is 122 Å². The molecule has 0 fully saturated rings. The summed E-state index contributed by atoms with van der Waals surface area (Å²) in [6.45, 7) is 10.2. The maximum atomic E-state index is 12.2. The molecule has 0 atom stereocenters. The summed E-state index contributed by atoms with van der Waals surface area (Å²) < 4.78 is 12.5. The van der Waals surface area contributed by atoms with Gasteiger partial charge in [0.25, 0.3) is 0 Å². The van der Waals surface area contributed by atoms with Crippen LogP contribution in [0.2, 0.25) is 0 Å². The number of allylic oxidation sites excluding steroid dienone is 1. The zero-order valence-corrected chi connectivity index (χ0v) is 19.5. The van der Waals surface area contributed by atoms with Crippen molar-refractivity contribution in [3.8, 4) is 11.4 Å². The SMILES string of the molecule is C=CCn1c(SCc2nc(N)c3c(C)c(C(=O)OCC)sc3n2)nnc1-c1ccoc1C. The number of fused-ring (bicyclic) bond motifs is 1. The zero-order valence-electron chi connectivity index (χ0n) is 17.9. The molecular weight excluding hydrogens is 448 g/mol. The van der Waals surface area contributed by atoms with E-state index in [4.69, 9.17) is 14.9 Å². The number of rotatable bonds is 8. The highest BCUT2D eigenvalue weighted by Gasteiger charge is 2.21. The van der Waals surface area contributed by atoms with Crippen molar-refractivity contribution >= 4 is 45.1 Å². The van der Waals surface area contributed by atoms with Crippen LogP contribution in [-0.2, 0) is 17.0 Å². The number of hydrogen-bond donors (Lipinski definition) is 1. The smallest absolute Gasteiger partial charge is 0.348 e. The van der Waals surface area contributed by atoms with Crippen LogP contribution in [-0.4, -0.2) is 37.3 Å². The molecule has 2 N–H and O–H groups in total. The van der Waals surface area contributed by atoms with Crippen molar-refractivity contribution in [2.24, 2.45) is 0 Å². The minimum atomic E-state index is -0.372. The Morgan fingerprint density at radius 1 is 1.38 bits per heavy atom. The first-order valence-electron chi connectivity index (χ1n) is 9.88. The molecule has 0 aliphatic heterocycles. The molecule has 11 heteroatoms. The molecule has 0 aromatic carbocycles. The van der Waals surface area contributed by atoms with Gasteiger partial charge in [0.05, 0.1) is 29.6 Å². The summed E-state index contributed by atoms with van der Waals surface area (Å²) in [6.07, 6.45) is 3.42. The number of nitrogens with zero attached hydrogens (tertiary/aromatic N) is 5. The molecule has 0 radical (unpaired) electrons. The predicted molar refractivity (Wildman–Crippen MR) is 125 cm³/mol. The maximum absolute atomic E-state index is 12.2. The Kier molecular flexibility index (Phi) is 6.28. The molecule has 0 spiro atoms. The highest BCUT2D eigenvalue weighted by molar-refractivity contribution is 7.98. The van der Waals surface area contributed by atoms with Crippen LogP contribution in [0.4, 0.5) is 5.82 Å². The van der Waals surface area contributed by atoms with Crippen molar-refractivity contribution in [3.05, 3.63) is 47.0 Å². The van der Waals surface area contributed by atoms with Gasteiger partial charge in [-0.1, -0.05) is 17.8 Å². The van der Waals surface area contributed by atoms with E-state index in [1.54, 1.807) is 19.3 Å². The Morgan fingerprint density at radius 2 is 2.19 bits per heavy atom. The molecule has 0 aliphatic carbocycles. The number of carbonyl (C=O) groups excluding carboxylic acids is 1. The number of nitrogens with two attached hydrogens (primary N) is 1. The average molecular weight is 471 g/mol. The number of aryl methyl sites for hydroxylation is 2. The van der Waals surface area contributed by atoms with E-state index in [1.165, 1.54) is 23.1 Å². The van der Waals surface area contributed by atoms with E-state index in [2.05, 4.69) is 26.7 Å². The summed E-state index contributed by atoms with van der Waals surface area (Å²) in [7, 11) is 0. The number of nitrogen functional groups attached to an aromatic ring is 1. The van der Waals surface area contributed by atoms with Crippen molar-refractivity contribution in [3.63, 3.8) is 0 Å². The number of aromatic nitrogens is 5. The van der Waals surface area contributed by atoms with Gasteiger partial charge in [0, 0.05) is 6.54 Å². The van der Waals surface area contributed by atoms with Crippen LogP contribution >= 0.6 is 23.1 Å². The first-order valence-corrected chi connectivity index (χ1v) is 11.7. The van der Waals surface area contributed by atoms with Gasteiger partial charge < -0.3 is 14.9 Å². The minimum absolute atomic E-state index is 0.307. The standard InChI is InChI=1S/C21H22N6O3S2/c1-5-8-27-18(13-7-9-30-12(13)4)25-26-21(27)31-10-14-23-17(22)15-11(3)16(20(28)29-6-2)32-19(15)24-14/h5,7,9H,1,6,8,10H2,2-4H3,(H2,22,23,24). The molecule has 4 heterocycles. The Labute approximate surface area is 192 Å². The fourth-order valence-electron chi connectivity index (χ4n) is 3.31. The Balaban J connectivity index is 1.62. The van der Waals surface area contributed by atoms with Gasteiger partial charge in [-0.3, -0.25) is 4.57 Å². The van der Waals surface area contributed by atoms with Crippen molar-refractivity contribution in [1.82, 2.24) is 24.7 Å². The molecule has 0 aliphatic rings. The van der Waals surface area contributed by atoms with Crippen LogP contribution in [0.1, 0.15) is 33.7 Å². The molecule has 0 amide bonds. The quantitative estimate of drug-likeness (QED) is 0.227. The third-order valence-electron chi connectivity index (χ3n) is 4.78. The average Bonchev–Trinajstić information content (AvgIpc) is 3.44. The van der Waals surface area contributed by atoms with Crippen LogP contribution in [0, 0.1) is 13.8 Å². The molecule has 32 heavy (non-hydrogen) atoms. The third-order valence-corrected chi connectivity index (χ3v) is 6.91. The first kappa shape index (κ1) is 22.0. The molecule has 166 valence electrons. The van der Waals surface area contributed by atoms with Crippen molar-refractivity contribution in [2.45, 2.75) is 38.2 Å². The Bertz CT molecular complexity index is 1310. The lowest BCUT2D eigenvalue weighted by Crippen LogP contribution is -2.04. The second-order valence-electron chi connectivity index (χ2n) is 6.87. The summed E-state index contributed by atoms with van der Waals surface area (Å²) in [4.78, 5) is 22.5. The maximum Gasteiger partial charge on any atom is 0.348 e. The van der Waals surface area contributed by atoms with Gasteiger partial charge in [-0.25, -0.2) is 14.8 Å². The summed E-state index contributed by atoms with van der Waals surface area (Å²) >= 11 is 2.72. The fourth-order valence-corrected chi connectivity index (χ4v) is 5.21. The fraction of sp³-hybridized carbons (Fsp3) is 0.286. The van der Waals surface area contributed by atoms with E-state index in [0.717, 1.165) is 16.9 Å². The zero-order chi connectivity index (χ0) is 22.8. The summed E-state index contributed by atoms with van der Waals surface area (Å²) in [6, 6.07) is 1.87. The number of esters is 1. The Morgan fingerprint density at radius 3 is 2.88 bits per heavy atom. The van der Waals surface area contributed by atoms with Gasteiger partial charge >= 0.3 is 5.97 Å². The molecule has 0 bridgehead atoms. The van der Waals surface area contributed by atoms with Crippen molar-refractivity contribution in [2.75, 3.05) is 12.3 Å². The number of carbonyl (C=O) groups is 1. The summed E-state index contributed by atoms with van der Waals surface area (Å²) in [5, 5.41) is 10.1. The number of thioether (sulfide) groups is 1. The van der Waals surface area contributed by atoms with E-state index < -0.39 is 0 Å². The van der Waals surface area contributed by atoms with Gasteiger partial charge in [-0.05, 0) is 32.4 Å². The molecule has 4 aromatic heterocycles. The summed E-state index contributed by atoms with van der Waals surface area (Å²) in [5.74, 6) is 2.44. The van der Waals surface area contributed by atoms with E-state index in [0.29, 0.717) is 56.6 Å². The highest BCUT2D eigenvalue weighted by atomic mass is 32.2. The monoisotopic (exact) mass is 470 g/mol. The lowest BCUT2D eigenvalue weighted by atomic mass is 10.2. The number of anilines is 1. The lowest BCUT2D eigenvalue weighted by molar-refractivity contribution is 0.0531. The highest BCUT2D eigenvalue weighted by Crippen LogP contribution is 2.34. The number of thiophene rings is 1. The minimum Gasteiger partial charge on any atom is -0.469 e. The van der Waals surface area contributed by atoms with E-state index in [-0.39, 0.29) is 5.97 Å². The normalized spacial score (nSPS) is 11.2.